The van der Waals surface area contributed by atoms with E-state index in [9.17, 15) is 10.0 Å². The van der Waals surface area contributed by atoms with E-state index in [4.69, 9.17) is 5.11 Å². The van der Waals surface area contributed by atoms with Crippen LogP contribution in [0, 0.1) is 0 Å². The molecule has 1 aliphatic heterocycles. The van der Waals surface area contributed by atoms with Crippen LogP contribution in [0.3, 0.4) is 0 Å². The minimum atomic E-state index is -1.03. The summed E-state index contributed by atoms with van der Waals surface area (Å²) in [7, 11) is 0. The zero-order chi connectivity index (χ0) is 12.0. The van der Waals surface area contributed by atoms with E-state index >= 15 is 0 Å². The van der Waals surface area contributed by atoms with E-state index in [-0.39, 0.29) is 0 Å². The van der Waals surface area contributed by atoms with Crippen molar-refractivity contribution in [3.63, 3.8) is 0 Å². The second kappa shape index (κ2) is 3.43. The summed E-state index contributed by atoms with van der Waals surface area (Å²) in [6, 6.07) is 6.35. The number of aromatic nitrogens is 1. The number of carboxylic acids is 1. The fraction of sp³-hybridized carbons (Fsp3) is 0.167. The van der Waals surface area contributed by atoms with Gasteiger partial charge in [-0.2, -0.15) is 0 Å². The van der Waals surface area contributed by atoms with E-state index in [1.54, 1.807) is 12.3 Å². The van der Waals surface area contributed by atoms with E-state index in [2.05, 4.69) is 4.98 Å². The number of hydrogen-bond acceptors (Lipinski definition) is 4. The fourth-order valence-corrected chi connectivity index (χ4v) is 2.26. The van der Waals surface area contributed by atoms with Crippen molar-refractivity contribution in [3.05, 3.63) is 36.0 Å². The second-order valence-corrected chi connectivity index (χ2v) is 4.05. The molecule has 2 aromatic rings. The lowest BCUT2D eigenvalue weighted by atomic mass is 10.1. The Morgan fingerprint density at radius 2 is 2.24 bits per heavy atom. The third-order valence-corrected chi connectivity index (χ3v) is 3.06. The number of fused-ring (bicyclic) bond motifs is 3. The normalized spacial score (nSPS) is 18.4. The fourth-order valence-electron chi connectivity index (χ4n) is 2.26. The van der Waals surface area contributed by atoms with Gasteiger partial charge in [-0.1, -0.05) is 6.07 Å². The minimum absolute atomic E-state index is 0.312. The van der Waals surface area contributed by atoms with Crippen molar-refractivity contribution in [3.8, 4) is 0 Å². The molecule has 2 N–H and O–H groups in total. The van der Waals surface area contributed by atoms with Crippen molar-refractivity contribution in [2.75, 3.05) is 5.06 Å². The first-order chi connectivity index (χ1) is 8.18. The van der Waals surface area contributed by atoms with E-state index in [1.165, 1.54) is 0 Å². The number of aliphatic carboxylic acids is 1. The van der Waals surface area contributed by atoms with Crippen molar-refractivity contribution < 1.29 is 15.1 Å². The van der Waals surface area contributed by atoms with Gasteiger partial charge in [0, 0.05) is 18.0 Å². The predicted octanol–water partition coefficient (Wildman–Crippen LogP) is 1.44. The van der Waals surface area contributed by atoms with Crippen LogP contribution in [-0.2, 0) is 11.2 Å². The molecule has 0 amide bonds. The van der Waals surface area contributed by atoms with Gasteiger partial charge in [0.05, 0.1) is 11.2 Å². The molecule has 5 heteroatoms. The monoisotopic (exact) mass is 230 g/mol. The highest BCUT2D eigenvalue weighted by molar-refractivity contribution is 5.97. The highest BCUT2D eigenvalue weighted by Crippen LogP contribution is 2.36. The molecule has 0 radical (unpaired) electrons. The Balaban J connectivity index is 2.24. The molecule has 5 nitrogen and oxygen atoms in total. The number of nitrogens with zero attached hydrogens (tertiary/aromatic N) is 2. The maximum absolute atomic E-state index is 11.0. The Bertz CT molecular complexity index is 612. The highest BCUT2D eigenvalue weighted by Gasteiger charge is 2.35. The summed E-state index contributed by atoms with van der Waals surface area (Å²) in [6.07, 6.45) is 1.98. The summed E-state index contributed by atoms with van der Waals surface area (Å²) in [5.41, 5.74) is 2.14. The van der Waals surface area contributed by atoms with Crippen LogP contribution >= 0.6 is 0 Å². The Morgan fingerprint density at radius 1 is 1.41 bits per heavy atom. The first-order valence-electron chi connectivity index (χ1n) is 5.26. The molecule has 0 aliphatic carbocycles. The van der Waals surface area contributed by atoms with Crippen LogP contribution in [0.25, 0.3) is 10.9 Å². The number of hydrogen-bond donors (Lipinski definition) is 2. The quantitative estimate of drug-likeness (QED) is 0.775. The van der Waals surface area contributed by atoms with Gasteiger partial charge in [-0.15, -0.1) is 0 Å². The lowest BCUT2D eigenvalue weighted by Gasteiger charge is -2.17. The molecule has 0 fully saturated rings. The number of benzene rings is 1. The van der Waals surface area contributed by atoms with E-state index < -0.39 is 12.0 Å². The maximum atomic E-state index is 11.0. The van der Waals surface area contributed by atoms with Gasteiger partial charge in [0.25, 0.3) is 0 Å². The molecule has 0 saturated heterocycles. The van der Waals surface area contributed by atoms with Crippen molar-refractivity contribution in [1.29, 1.82) is 0 Å². The molecule has 0 bridgehead atoms. The number of carbonyl (C=O) groups is 1. The Morgan fingerprint density at radius 3 is 3.00 bits per heavy atom. The molecule has 86 valence electrons. The summed E-state index contributed by atoms with van der Waals surface area (Å²) in [5, 5.41) is 20.6. The number of anilines is 1. The topological polar surface area (TPSA) is 73.7 Å². The average Bonchev–Trinajstić information content (AvgIpc) is 2.67. The van der Waals surface area contributed by atoms with Crippen LogP contribution in [0.15, 0.2) is 30.5 Å². The largest absolute Gasteiger partial charge is 0.480 e. The van der Waals surface area contributed by atoms with Gasteiger partial charge in [0.2, 0.25) is 0 Å². The Kier molecular flexibility index (Phi) is 2.02. The van der Waals surface area contributed by atoms with Crippen LogP contribution in [0.5, 0.6) is 0 Å². The standard InChI is InChI=1S/C12H10N2O3/c15-12(16)10-6-7-3-4-9-8(2-1-5-13-9)11(7)14(10)17/h1-5,10,17H,6H2,(H,15,16). The molecule has 2 heterocycles. The number of pyridine rings is 1. The Hall–Kier alpha value is -2.14. The molecule has 1 atom stereocenters. The van der Waals surface area contributed by atoms with Crippen molar-refractivity contribution in [1.82, 2.24) is 4.98 Å². The van der Waals surface area contributed by atoms with Crippen LogP contribution in [-0.4, -0.2) is 27.3 Å². The molecule has 1 unspecified atom stereocenters. The van der Waals surface area contributed by atoms with Gasteiger partial charge in [0.1, 0.15) is 0 Å². The van der Waals surface area contributed by atoms with Crippen molar-refractivity contribution in [2.24, 2.45) is 0 Å². The molecular formula is C12H10N2O3. The molecule has 1 aliphatic rings. The van der Waals surface area contributed by atoms with Crippen LogP contribution in [0.4, 0.5) is 5.69 Å². The average molecular weight is 230 g/mol. The molecule has 17 heavy (non-hydrogen) atoms. The van der Waals surface area contributed by atoms with Crippen LogP contribution in [0.2, 0.25) is 0 Å². The lowest BCUT2D eigenvalue weighted by Crippen LogP contribution is -2.35. The van der Waals surface area contributed by atoms with Gasteiger partial charge < -0.3 is 5.11 Å². The zero-order valence-corrected chi connectivity index (χ0v) is 8.87. The summed E-state index contributed by atoms with van der Waals surface area (Å²) >= 11 is 0. The van der Waals surface area contributed by atoms with Crippen molar-refractivity contribution in [2.45, 2.75) is 12.5 Å². The molecule has 1 aromatic heterocycles. The first-order valence-corrected chi connectivity index (χ1v) is 5.26. The molecule has 0 saturated carbocycles. The molecular weight excluding hydrogens is 220 g/mol. The number of carboxylic acid groups (broad SMARTS) is 1. The smallest absolute Gasteiger partial charge is 0.329 e. The zero-order valence-electron chi connectivity index (χ0n) is 8.87. The van der Waals surface area contributed by atoms with Crippen molar-refractivity contribution >= 4 is 22.6 Å². The number of hydroxylamine groups is 1. The third kappa shape index (κ3) is 1.36. The predicted molar refractivity (Wildman–Crippen MR) is 61.1 cm³/mol. The molecule has 3 rings (SSSR count). The third-order valence-electron chi connectivity index (χ3n) is 3.06. The maximum Gasteiger partial charge on any atom is 0.329 e. The summed E-state index contributed by atoms with van der Waals surface area (Å²) in [5.74, 6) is -1.03. The second-order valence-electron chi connectivity index (χ2n) is 4.05. The van der Waals surface area contributed by atoms with E-state index in [0.29, 0.717) is 12.1 Å². The molecule has 0 spiro atoms. The van der Waals surface area contributed by atoms with E-state index in [0.717, 1.165) is 21.5 Å². The lowest BCUT2D eigenvalue weighted by molar-refractivity contribution is -0.139. The number of rotatable bonds is 1. The SMILES string of the molecule is O=C(O)C1Cc2ccc3ncccc3c2N1O. The van der Waals surface area contributed by atoms with Crippen LogP contribution in [0.1, 0.15) is 5.56 Å². The van der Waals surface area contributed by atoms with Gasteiger partial charge in [-0.05, 0) is 23.8 Å². The van der Waals surface area contributed by atoms with Gasteiger partial charge in [0.15, 0.2) is 6.04 Å². The summed E-state index contributed by atoms with van der Waals surface area (Å²) in [4.78, 5) is 15.2. The minimum Gasteiger partial charge on any atom is -0.480 e. The highest BCUT2D eigenvalue weighted by atomic mass is 16.5. The Labute approximate surface area is 96.9 Å². The molecule has 1 aromatic carbocycles. The van der Waals surface area contributed by atoms with Gasteiger partial charge in [-0.3, -0.25) is 10.2 Å². The van der Waals surface area contributed by atoms with Gasteiger partial charge in [-0.25, -0.2) is 9.86 Å². The van der Waals surface area contributed by atoms with E-state index in [1.807, 2.05) is 18.2 Å². The first kappa shape index (κ1) is 10.0. The summed E-state index contributed by atoms with van der Waals surface area (Å²) < 4.78 is 0. The van der Waals surface area contributed by atoms with Crippen LogP contribution < -0.4 is 5.06 Å². The van der Waals surface area contributed by atoms with Gasteiger partial charge >= 0.3 is 5.97 Å². The summed E-state index contributed by atoms with van der Waals surface area (Å²) in [6.45, 7) is 0.